The number of amides is 2. The highest BCUT2D eigenvalue weighted by Crippen LogP contribution is 2.10. The number of likely N-dealkylation sites (N-methyl/N-ethyl adjacent to an activating group) is 1. The van der Waals surface area contributed by atoms with E-state index in [1.807, 2.05) is 23.6 Å². The van der Waals surface area contributed by atoms with Crippen LogP contribution in [-0.4, -0.2) is 42.0 Å². The van der Waals surface area contributed by atoms with Gasteiger partial charge in [-0.15, -0.1) is 11.3 Å². The average Bonchev–Trinajstić information content (AvgIpc) is 3.07. The van der Waals surface area contributed by atoms with E-state index in [1.165, 1.54) is 16.2 Å². The van der Waals surface area contributed by atoms with Crippen LogP contribution in [0.4, 0.5) is 0 Å². The fraction of sp³-hybridized carbons (Fsp3) is 0.250. The summed E-state index contributed by atoms with van der Waals surface area (Å²) in [6, 6.07) is 10.7. The fourth-order valence-corrected chi connectivity index (χ4v) is 2.55. The highest BCUT2D eigenvalue weighted by molar-refractivity contribution is 7.12. The largest absolute Gasteiger partial charge is 0.395 e. The smallest absolute Gasteiger partial charge is 0.261 e. The van der Waals surface area contributed by atoms with Crippen molar-refractivity contribution >= 4 is 23.2 Å². The second-order valence-electron chi connectivity index (χ2n) is 4.81. The maximum atomic E-state index is 12.0. The van der Waals surface area contributed by atoms with Gasteiger partial charge in [-0.2, -0.15) is 0 Å². The van der Waals surface area contributed by atoms with Gasteiger partial charge in [-0.3, -0.25) is 9.59 Å². The van der Waals surface area contributed by atoms with E-state index in [-0.39, 0.29) is 18.4 Å². The molecule has 2 aromatic rings. The molecule has 1 aromatic heterocycles. The topological polar surface area (TPSA) is 69.6 Å². The second kappa shape index (κ2) is 7.72. The van der Waals surface area contributed by atoms with Crippen molar-refractivity contribution in [2.45, 2.75) is 6.54 Å². The Morgan fingerprint density at radius 2 is 1.95 bits per heavy atom. The van der Waals surface area contributed by atoms with E-state index in [4.69, 9.17) is 5.11 Å². The molecule has 0 saturated carbocycles. The lowest BCUT2D eigenvalue weighted by Gasteiger charge is -2.15. The summed E-state index contributed by atoms with van der Waals surface area (Å²) in [5.41, 5.74) is 1.48. The third-order valence-corrected chi connectivity index (χ3v) is 4.05. The minimum Gasteiger partial charge on any atom is -0.395 e. The van der Waals surface area contributed by atoms with Crippen LogP contribution < -0.4 is 5.32 Å². The number of carbonyl (C=O) groups excluding carboxylic acids is 2. The van der Waals surface area contributed by atoms with Crippen LogP contribution in [0.3, 0.4) is 0 Å². The number of hydrogen-bond donors (Lipinski definition) is 2. The number of hydrogen-bond acceptors (Lipinski definition) is 4. The average molecular weight is 318 g/mol. The molecule has 0 unspecified atom stereocenters. The number of nitrogens with zero attached hydrogens (tertiary/aromatic N) is 1. The zero-order valence-electron chi connectivity index (χ0n) is 12.3. The number of rotatable bonds is 6. The van der Waals surface area contributed by atoms with Crippen molar-refractivity contribution in [3.8, 4) is 0 Å². The standard InChI is InChI=1S/C16H18N2O3S/c1-18(8-9-19)16(21)13-6-4-12(5-7-13)11-17-15(20)14-3-2-10-22-14/h2-7,10,19H,8-9,11H2,1H3,(H,17,20). The van der Waals surface area contributed by atoms with E-state index < -0.39 is 0 Å². The minimum absolute atomic E-state index is 0.0604. The lowest BCUT2D eigenvalue weighted by molar-refractivity contribution is 0.0766. The molecule has 0 atom stereocenters. The molecular formula is C16H18N2O3S. The first-order chi connectivity index (χ1) is 10.6. The number of thiophene rings is 1. The van der Waals surface area contributed by atoms with E-state index >= 15 is 0 Å². The molecule has 0 spiro atoms. The summed E-state index contributed by atoms with van der Waals surface area (Å²) in [4.78, 5) is 26.0. The Bertz CT molecular complexity index is 623. The number of benzene rings is 1. The van der Waals surface area contributed by atoms with Crippen molar-refractivity contribution < 1.29 is 14.7 Å². The van der Waals surface area contributed by atoms with Crippen LogP contribution in [-0.2, 0) is 6.54 Å². The molecule has 2 amide bonds. The van der Waals surface area contributed by atoms with E-state index in [2.05, 4.69) is 5.32 Å². The third-order valence-electron chi connectivity index (χ3n) is 3.18. The molecule has 0 aliphatic heterocycles. The van der Waals surface area contributed by atoms with E-state index in [0.29, 0.717) is 23.5 Å². The van der Waals surface area contributed by atoms with Gasteiger partial charge in [0.05, 0.1) is 11.5 Å². The summed E-state index contributed by atoms with van der Waals surface area (Å²) >= 11 is 1.40. The molecule has 2 N–H and O–H groups in total. The predicted molar refractivity (Wildman–Crippen MR) is 86.0 cm³/mol. The molecule has 0 aliphatic rings. The normalized spacial score (nSPS) is 10.3. The summed E-state index contributed by atoms with van der Waals surface area (Å²) in [7, 11) is 1.65. The zero-order valence-corrected chi connectivity index (χ0v) is 13.1. The van der Waals surface area contributed by atoms with Gasteiger partial charge < -0.3 is 15.3 Å². The Kier molecular flexibility index (Phi) is 5.68. The van der Waals surface area contributed by atoms with Crippen LogP contribution in [0.2, 0.25) is 0 Å². The Labute approximate surface area is 133 Å². The number of aliphatic hydroxyl groups is 1. The minimum atomic E-state index is -0.136. The first kappa shape index (κ1) is 16.2. The van der Waals surface area contributed by atoms with Crippen molar-refractivity contribution in [2.75, 3.05) is 20.2 Å². The van der Waals surface area contributed by atoms with Gasteiger partial charge in [-0.25, -0.2) is 0 Å². The van der Waals surface area contributed by atoms with Gasteiger partial charge in [0, 0.05) is 25.7 Å². The Hall–Kier alpha value is -2.18. The molecule has 1 heterocycles. The van der Waals surface area contributed by atoms with Gasteiger partial charge in [-0.05, 0) is 29.1 Å². The molecule has 1 aromatic carbocycles. The van der Waals surface area contributed by atoms with E-state index in [0.717, 1.165) is 5.56 Å². The molecular weight excluding hydrogens is 300 g/mol. The van der Waals surface area contributed by atoms with Crippen LogP contribution in [0.1, 0.15) is 25.6 Å². The molecule has 22 heavy (non-hydrogen) atoms. The zero-order chi connectivity index (χ0) is 15.9. The van der Waals surface area contributed by atoms with Crippen molar-refractivity contribution in [3.63, 3.8) is 0 Å². The summed E-state index contributed by atoms with van der Waals surface area (Å²) in [6.07, 6.45) is 0. The quantitative estimate of drug-likeness (QED) is 0.852. The number of nitrogens with one attached hydrogen (secondary N) is 1. The monoisotopic (exact) mass is 318 g/mol. The summed E-state index contributed by atoms with van der Waals surface area (Å²) < 4.78 is 0. The maximum absolute atomic E-state index is 12.0. The molecule has 5 nitrogen and oxygen atoms in total. The van der Waals surface area contributed by atoms with Gasteiger partial charge in [0.25, 0.3) is 11.8 Å². The van der Waals surface area contributed by atoms with Crippen LogP contribution in [0.5, 0.6) is 0 Å². The molecule has 0 aliphatic carbocycles. The summed E-state index contributed by atoms with van der Waals surface area (Å²) in [6.45, 7) is 0.657. The second-order valence-corrected chi connectivity index (χ2v) is 5.75. The Morgan fingerprint density at radius 1 is 1.23 bits per heavy atom. The Morgan fingerprint density at radius 3 is 2.55 bits per heavy atom. The van der Waals surface area contributed by atoms with Crippen LogP contribution in [0.15, 0.2) is 41.8 Å². The Balaban J connectivity index is 1.92. The lowest BCUT2D eigenvalue weighted by atomic mass is 10.1. The molecule has 116 valence electrons. The first-order valence-electron chi connectivity index (χ1n) is 6.89. The summed E-state index contributed by atoms with van der Waals surface area (Å²) in [5, 5.41) is 13.5. The van der Waals surface area contributed by atoms with E-state index in [1.54, 1.807) is 25.2 Å². The SMILES string of the molecule is CN(CCO)C(=O)c1ccc(CNC(=O)c2cccs2)cc1. The van der Waals surface area contributed by atoms with Gasteiger partial charge in [-0.1, -0.05) is 18.2 Å². The van der Waals surface area contributed by atoms with Crippen molar-refractivity contribution in [1.29, 1.82) is 0 Å². The van der Waals surface area contributed by atoms with E-state index in [9.17, 15) is 9.59 Å². The van der Waals surface area contributed by atoms with Crippen molar-refractivity contribution in [3.05, 3.63) is 57.8 Å². The van der Waals surface area contributed by atoms with Gasteiger partial charge in [0.2, 0.25) is 0 Å². The highest BCUT2D eigenvalue weighted by atomic mass is 32.1. The highest BCUT2D eigenvalue weighted by Gasteiger charge is 2.11. The van der Waals surface area contributed by atoms with Crippen molar-refractivity contribution in [1.82, 2.24) is 10.2 Å². The van der Waals surface area contributed by atoms with Crippen LogP contribution in [0, 0.1) is 0 Å². The van der Waals surface area contributed by atoms with Crippen LogP contribution >= 0.6 is 11.3 Å². The number of carbonyl (C=O) groups is 2. The van der Waals surface area contributed by atoms with Crippen LogP contribution in [0.25, 0.3) is 0 Å². The molecule has 2 rings (SSSR count). The molecule has 0 fully saturated rings. The first-order valence-corrected chi connectivity index (χ1v) is 7.76. The summed E-state index contributed by atoms with van der Waals surface area (Å²) in [5.74, 6) is -0.235. The molecule has 0 radical (unpaired) electrons. The third kappa shape index (κ3) is 4.16. The maximum Gasteiger partial charge on any atom is 0.261 e. The van der Waals surface area contributed by atoms with Crippen molar-refractivity contribution in [2.24, 2.45) is 0 Å². The fourth-order valence-electron chi connectivity index (χ4n) is 1.91. The van der Waals surface area contributed by atoms with Gasteiger partial charge in [0.1, 0.15) is 0 Å². The lowest BCUT2D eigenvalue weighted by Crippen LogP contribution is -2.29. The van der Waals surface area contributed by atoms with Gasteiger partial charge in [0.15, 0.2) is 0 Å². The molecule has 6 heteroatoms. The molecule has 0 saturated heterocycles. The van der Waals surface area contributed by atoms with Gasteiger partial charge >= 0.3 is 0 Å². The number of aliphatic hydroxyl groups excluding tert-OH is 1. The predicted octanol–water partition coefficient (Wildman–Crippen LogP) is 1.74. The molecule has 0 bridgehead atoms.